The fraction of sp³-hybridized carbons (Fsp3) is 0.462. The minimum atomic E-state index is -2.78. The Kier molecular flexibility index (Phi) is 4.64. The Balaban J connectivity index is 1.40. The van der Waals surface area contributed by atoms with Crippen molar-refractivity contribution in [3.8, 4) is 0 Å². The van der Waals surface area contributed by atoms with Gasteiger partial charge in [0.2, 0.25) is 5.91 Å². The molecule has 0 radical (unpaired) electrons. The number of aromatic nitrogens is 6. The topological polar surface area (TPSA) is 164 Å². The molecule has 2 fully saturated rings. The van der Waals surface area contributed by atoms with E-state index in [1.807, 2.05) is 19.9 Å². The highest BCUT2D eigenvalue weighted by atomic mass is 16.5. The molecule has 0 bridgehead atoms. The molecule has 4 unspecified atom stereocenters. The zero-order valence-electron chi connectivity index (χ0n) is 25.7. The highest BCUT2D eigenvalue weighted by molar-refractivity contribution is 5.90. The summed E-state index contributed by atoms with van der Waals surface area (Å²) in [7, 11) is 1.20. The molecule has 4 atom stereocenters. The van der Waals surface area contributed by atoms with Gasteiger partial charge >= 0.3 is 11.8 Å². The summed E-state index contributed by atoms with van der Waals surface area (Å²) in [5.41, 5.74) is 5.63. The molecule has 13 heteroatoms. The molecule has 204 valence electrons. The van der Waals surface area contributed by atoms with Crippen LogP contribution in [0.5, 0.6) is 0 Å². The minimum absolute atomic E-state index is 0.00912. The number of nitrogens with zero attached hydrogens (tertiary/aromatic N) is 6. The largest absolute Gasteiger partial charge is 0.453 e. The van der Waals surface area contributed by atoms with Gasteiger partial charge in [0.1, 0.15) is 17.2 Å². The van der Waals surface area contributed by atoms with E-state index in [1.54, 1.807) is 16.8 Å². The van der Waals surface area contributed by atoms with Crippen LogP contribution in [0.3, 0.4) is 0 Å². The number of imidazole rings is 1. The number of nitrogens with one attached hydrogen (secondary N) is 2. The molecule has 2 amide bonds. The molecule has 0 aromatic carbocycles. The van der Waals surface area contributed by atoms with E-state index in [1.165, 1.54) is 17.9 Å². The van der Waals surface area contributed by atoms with Crippen molar-refractivity contribution >= 4 is 45.7 Å². The molecule has 39 heavy (non-hydrogen) atoms. The lowest BCUT2D eigenvalue weighted by Crippen LogP contribution is -2.36. The number of carbonyl (C=O) groups is 2. The van der Waals surface area contributed by atoms with Crippen LogP contribution in [0.1, 0.15) is 49.8 Å². The van der Waals surface area contributed by atoms with E-state index < -0.39 is 42.3 Å². The van der Waals surface area contributed by atoms with Gasteiger partial charge in [-0.05, 0) is 50.7 Å². The second kappa shape index (κ2) is 8.82. The first kappa shape index (κ1) is 20.5. The number of aryl methyl sites for hydroxylation is 2. The number of amides is 2. The second-order valence-electron chi connectivity index (χ2n) is 10.2. The van der Waals surface area contributed by atoms with Crippen molar-refractivity contribution in [3.63, 3.8) is 0 Å². The van der Waals surface area contributed by atoms with Crippen molar-refractivity contribution in [2.75, 3.05) is 12.4 Å². The number of rotatable bonds is 6. The maximum atomic E-state index is 13.5. The van der Waals surface area contributed by atoms with E-state index in [4.69, 9.17) is 16.2 Å². The van der Waals surface area contributed by atoms with E-state index in [0.717, 1.165) is 5.39 Å². The number of primary amides is 1. The quantitative estimate of drug-likeness (QED) is 0.337. The Labute approximate surface area is 229 Å². The van der Waals surface area contributed by atoms with Gasteiger partial charge in [-0.1, -0.05) is 6.92 Å². The number of fused-ring (bicyclic) bond motifs is 2. The first-order valence-electron chi connectivity index (χ1n) is 14.6. The summed E-state index contributed by atoms with van der Waals surface area (Å²) in [4.78, 5) is 46.8. The van der Waals surface area contributed by atoms with Gasteiger partial charge in [0.15, 0.2) is 5.65 Å². The molecular formula is C26H31N9O4. The molecule has 6 rings (SSSR count). The molecule has 13 nitrogen and oxygen atoms in total. The number of anilines is 2. The minimum Gasteiger partial charge on any atom is -0.453 e. The van der Waals surface area contributed by atoms with E-state index in [2.05, 4.69) is 25.5 Å². The van der Waals surface area contributed by atoms with E-state index in [0.29, 0.717) is 40.1 Å². The fourth-order valence-corrected chi connectivity index (χ4v) is 5.67. The molecule has 4 heterocycles. The van der Waals surface area contributed by atoms with Crippen LogP contribution < -0.4 is 22.1 Å². The van der Waals surface area contributed by atoms with Crippen LogP contribution in [0, 0.1) is 12.8 Å². The van der Waals surface area contributed by atoms with Gasteiger partial charge in [-0.2, -0.15) is 5.10 Å². The molecule has 4 aromatic rings. The third-order valence-electron chi connectivity index (χ3n) is 7.90. The van der Waals surface area contributed by atoms with E-state index in [9.17, 15) is 14.4 Å². The van der Waals surface area contributed by atoms with Gasteiger partial charge in [-0.3, -0.25) is 13.9 Å². The zero-order valence-corrected chi connectivity index (χ0v) is 21.7. The molecule has 2 aliphatic carbocycles. The summed E-state index contributed by atoms with van der Waals surface area (Å²) in [6, 6.07) is 3.15. The summed E-state index contributed by atoms with van der Waals surface area (Å²) in [6.07, 6.45) is 1.75. The number of hydrogen-bond donors (Lipinski definition) is 3. The van der Waals surface area contributed by atoms with Crippen molar-refractivity contribution in [2.45, 2.75) is 57.1 Å². The van der Waals surface area contributed by atoms with Gasteiger partial charge in [-0.15, -0.1) is 0 Å². The number of pyridine rings is 2. The summed E-state index contributed by atoms with van der Waals surface area (Å²) in [5.74, 6) is 0.199. The summed E-state index contributed by atoms with van der Waals surface area (Å²) >= 11 is 0. The summed E-state index contributed by atoms with van der Waals surface area (Å²) in [5, 5.41) is 11.0. The first-order valence-corrected chi connectivity index (χ1v) is 12.6. The predicted octanol–water partition coefficient (Wildman–Crippen LogP) is 2.20. The third-order valence-corrected chi connectivity index (χ3v) is 7.90. The average Bonchev–Trinajstić information content (AvgIpc) is 3.15. The average molecular weight is 538 g/mol. The van der Waals surface area contributed by atoms with Gasteiger partial charge < -0.3 is 21.1 Å². The van der Waals surface area contributed by atoms with E-state index in [-0.39, 0.29) is 30.1 Å². The summed E-state index contributed by atoms with van der Waals surface area (Å²) < 4.78 is 40.9. The predicted molar refractivity (Wildman–Crippen MR) is 144 cm³/mol. The van der Waals surface area contributed by atoms with Crippen LogP contribution in [-0.4, -0.2) is 54.0 Å². The van der Waals surface area contributed by atoms with Crippen LogP contribution >= 0.6 is 0 Å². The van der Waals surface area contributed by atoms with Crippen LogP contribution in [0.4, 0.5) is 16.4 Å². The lowest BCUT2D eigenvalue weighted by atomic mass is 10.2. The number of alkyl carbamates (subject to hydrolysis) is 1. The number of carbonyl (C=O) groups excluding carboxylic acids is 2. The molecule has 0 spiro atoms. The van der Waals surface area contributed by atoms with Crippen molar-refractivity contribution in [3.05, 3.63) is 40.6 Å². The summed E-state index contributed by atoms with van der Waals surface area (Å²) in [6.45, 7) is 0.979. The van der Waals surface area contributed by atoms with Crippen LogP contribution in [0.25, 0.3) is 22.1 Å². The second-order valence-corrected chi connectivity index (χ2v) is 10.2. The van der Waals surface area contributed by atoms with E-state index >= 15 is 0 Å². The maximum Gasteiger partial charge on any atom is 0.407 e. The number of ether oxygens (including phenoxy) is 1. The van der Waals surface area contributed by atoms with Crippen LogP contribution in [-0.2, 0) is 22.0 Å². The van der Waals surface area contributed by atoms with Crippen LogP contribution in [0.15, 0.2) is 29.2 Å². The molecule has 2 saturated carbocycles. The Morgan fingerprint density at radius 1 is 1.28 bits per heavy atom. The van der Waals surface area contributed by atoms with Gasteiger partial charge in [0.05, 0.1) is 31.4 Å². The highest BCUT2D eigenvalue weighted by Crippen LogP contribution is 2.50. The van der Waals surface area contributed by atoms with Gasteiger partial charge in [-0.25, -0.2) is 24.2 Å². The Morgan fingerprint density at radius 2 is 2.08 bits per heavy atom. The highest BCUT2D eigenvalue weighted by Gasteiger charge is 2.60. The molecule has 4 aromatic heterocycles. The third kappa shape index (κ3) is 3.82. The first-order chi connectivity index (χ1) is 20.2. The lowest BCUT2D eigenvalue weighted by molar-refractivity contribution is -0.123. The number of nitrogens with two attached hydrogens (primary N) is 1. The van der Waals surface area contributed by atoms with Crippen molar-refractivity contribution < 1.29 is 19.8 Å². The molecule has 4 N–H and O–H groups in total. The maximum absolute atomic E-state index is 13.5. The molecule has 2 aliphatic rings. The van der Waals surface area contributed by atoms with Crippen molar-refractivity contribution in [1.82, 2.24) is 34.2 Å². The van der Waals surface area contributed by atoms with Gasteiger partial charge in [0.25, 0.3) is 0 Å². The number of methoxy groups -OCH3 is 1. The molecule has 0 aliphatic heterocycles. The monoisotopic (exact) mass is 537 g/mol. The molecule has 0 saturated heterocycles. The molecular weight excluding hydrogens is 502 g/mol. The van der Waals surface area contributed by atoms with Crippen LogP contribution in [0.2, 0.25) is 0 Å². The zero-order chi connectivity index (χ0) is 31.1. The van der Waals surface area contributed by atoms with Crippen molar-refractivity contribution in [2.24, 2.45) is 18.6 Å². The SMILES string of the molecule is [2H]C1(NC(=O)OC)CCC(n2c(=O)n(C([2H])([2H])[2H])c3cnc(Nc4ccc5c(C)nn(C6(C(N)=O)CC6C)c5n4)cc32)C1. The Hall–Kier alpha value is -4.42. The Bertz CT molecular complexity index is 1860. The number of hydrogen-bond acceptors (Lipinski definition) is 8. The van der Waals surface area contributed by atoms with Crippen molar-refractivity contribution in [1.29, 1.82) is 0 Å². The lowest BCUT2D eigenvalue weighted by Gasteiger charge is -2.15. The standard InChI is InChI=1S/C26H31N9O4/c1-13-11-26(13,23(27)36)35-22-17(14(2)32-35)7-8-20(31-22)30-21-10-18-19(12-28-21)33(3)25(38)34(18)16-6-5-15(9-16)29-24(37)39-4/h7-8,10,12-13,15-16H,5-6,9,11H2,1-4H3,(H2,27,36)(H,29,37)(H,28,30,31)/i3D3,15D. The normalized spacial score (nSPS) is 28.0. The smallest absolute Gasteiger partial charge is 0.407 e. The van der Waals surface area contributed by atoms with Gasteiger partial charge in [0, 0.05) is 34.6 Å². The Morgan fingerprint density at radius 3 is 2.77 bits per heavy atom. The fourth-order valence-electron chi connectivity index (χ4n) is 5.67.